The first-order chi connectivity index (χ1) is 7.51. The van der Waals surface area contributed by atoms with Crippen molar-refractivity contribution in [3.05, 3.63) is 28.3 Å². The van der Waals surface area contributed by atoms with Crippen LogP contribution in [0, 0.1) is 12.8 Å². The summed E-state index contributed by atoms with van der Waals surface area (Å²) in [4.78, 5) is 12.0. The second kappa shape index (κ2) is 5.32. The highest BCUT2D eigenvalue weighted by Crippen LogP contribution is 2.28. The molecule has 0 radical (unpaired) electrons. The zero-order valence-electron chi connectivity index (χ0n) is 9.71. The van der Waals surface area contributed by atoms with Gasteiger partial charge in [0.25, 0.3) is 0 Å². The summed E-state index contributed by atoms with van der Waals surface area (Å²) in [6.07, 6.45) is 0. The number of carbonyl (C=O) groups is 1. The molecule has 0 spiro atoms. The van der Waals surface area contributed by atoms with Crippen LogP contribution in [0.1, 0.15) is 22.8 Å². The van der Waals surface area contributed by atoms with E-state index in [1.165, 1.54) is 0 Å². The number of halogens is 1. The van der Waals surface area contributed by atoms with Crippen molar-refractivity contribution in [3.8, 4) is 5.75 Å². The summed E-state index contributed by atoms with van der Waals surface area (Å²) in [5.74, 6) is 0.406. The standard InChI is InChI=1S/C12H16ClNO2/c1-7-4-11(16-3)10(13)5-9(7)12(15)8(2)6-14/h4-5,8H,6,14H2,1-3H3. The first-order valence-corrected chi connectivity index (χ1v) is 5.47. The molecular weight excluding hydrogens is 226 g/mol. The number of nitrogens with two attached hydrogens (primary N) is 1. The second-order valence-corrected chi connectivity index (χ2v) is 4.21. The third-order valence-corrected chi connectivity index (χ3v) is 2.86. The summed E-state index contributed by atoms with van der Waals surface area (Å²) in [5.41, 5.74) is 6.94. The van der Waals surface area contributed by atoms with Gasteiger partial charge in [-0.1, -0.05) is 18.5 Å². The van der Waals surface area contributed by atoms with Crippen molar-refractivity contribution in [2.45, 2.75) is 13.8 Å². The Kier molecular flexibility index (Phi) is 4.33. The zero-order chi connectivity index (χ0) is 12.3. The van der Waals surface area contributed by atoms with E-state index >= 15 is 0 Å². The minimum Gasteiger partial charge on any atom is -0.495 e. The molecule has 0 aliphatic heterocycles. The number of hydrogen-bond acceptors (Lipinski definition) is 3. The summed E-state index contributed by atoms with van der Waals surface area (Å²) in [7, 11) is 1.55. The summed E-state index contributed by atoms with van der Waals surface area (Å²) >= 11 is 5.98. The lowest BCUT2D eigenvalue weighted by molar-refractivity contribution is 0.0933. The van der Waals surface area contributed by atoms with E-state index in [0.29, 0.717) is 22.9 Å². The molecule has 1 atom stereocenters. The Morgan fingerprint density at radius 1 is 1.56 bits per heavy atom. The van der Waals surface area contributed by atoms with Crippen molar-refractivity contribution in [1.29, 1.82) is 0 Å². The summed E-state index contributed by atoms with van der Waals surface area (Å²) in [6, 6.07) is 3.41. The van der Waals surface area contributed by atoms with Gasteiger partial charge in [-0.3, -0.25) is 4.79 Å². The van der Waals surface area contributed by atoms with Crippen molar-refractivity contribution >= 4 is 17.4 Å². The van der Waals surface area contributed by atoms with Crippen LogP contribution in [0.3, 0.4) is 0 Å². The highest BCUT2D eigenvalue weighted by atomic mass is 35.5. The number of methoxy groups -OCH3 is 1. The molecule has 1 rings (SSSR count). The van der Waals surface area contributed by atoms with Gasteiger partial charge in [0, 0.05) is 18.0 Å². The Balaban J connectivity index is 3.16. The number of aryl methyl sites for hydroxylation is 1. The molecule has 0 fully saturated rings. The SMILES string of the molecule is COc1cc(C)c(C(=O)C(C)CN)cc1Cl. The second-order valence-electron chi connectivity index (χ2n) is 3.80. The van der Waals surface area contributed by atoms with Crippen molar-refractivity contribution in [3.63, 3.8) is 0 Å². The molecule has 2 N–H and O–H groups in total. The van der Waals surface area contributed by atoms with Crippen LogP contribution >= 0.6 is 11.6 Å². The van der Waals surface area contributed by atoms with Crippen LogP contribution in [-0.2, 0) is 0 Å². The lowest BCUT2D eigenvalue weighted by Crippen LogP contribution is -2.21. The van der Waals surface area contributed by atoms with Crippen LogP contribution in [0.25, 0.3) is 0 Å². The largest absolute Gasteiger partial charge is 0.495 e. The lowest BCUT2D eigenvalue weighted by Gasteiger charge is -2.12. The number of ketones is 1. The highest BCUT2D eigenvalue weighted by molar-refractivity contribution is 6.32. The fraction of sp³-hybridized carbons (Fsp3) is 0.417. The van der Waals surface area contributed by atoms with Crippen molar-refractivity contribution in [1.82, 2.24) is 0 Å². The molecule has 1 unspecified atom stereocenters. The van der Waals surface area contributed by atoms with E-state index < -0.39 is 0 Å². The molecule has 0 aromatic heterocycles. The maximum Gasteiger partial charge on any atom is 0.167 e. The minimum absolute atomic E-state index is 0.0181. The lowest BCUT2D eigenvalue weighted by atomic mass is 9.96. The quantitative estimate of drug-likeness (QED) is 0.824. The molecular formula is C12H16ClNO2. The average Bonchev–Trinajstić information content (AvgIpc) is 2.29. The molecule has 3 nitrogen and oxygen atoms in total. The van der Waals surface area contributed by atoms with Crippen LogP contribution in [0.15, 0.2) is 12.1 Å². The van der Waals surface area contributed by atoms with Crippen LogP contribution in [0.2, 0.25) is 5.02 Å². The van der Waals surface area contributed by atoms with E-state index in [9.17, 15) is 4.79 Å². The summed E-state index contributed by atoms with van der Waals surface area (Å²) < 4.78 is 5.08. The fourth-order valence-corrected chi connectivity index (χ4v) is 1.69. The normalized spacial score (nSPS) is 12.3. The van der Waals surface area contributed by atoms with Crippen molar-refractivity contribution in [2.75, 3.05) is 13.7 Å². The Morgan fingerprint density at radius 3 is 2.69 bits per heavy atom. The molecule has 1 aromatic rings. The number of carbonyl (C=O) groups excluding carboxylic acids is 1. The minimum atomic E-state index is -0.192. The summed E-state index contributed by atoms with van der Waals surface area (Å²) in [5, 5.41) is 0.445. The van der Waals surface area contributed by atoms with Crippen LogP contribution < -0.4 is 10.5 Å². The average molecular weight is 242 g/mol. The van der Waals surface area contributed by atoms with E-state index in [1.807, 2.05) is 6.92 Å². The predicted molar refractivity (Wildman–Crippen MR) is 65.3 cm³/mol. The molecule has 0 aliphatic rings. The van der Waals surface area contributed by atoms with Crippen molar-refractivity contribution in [2.24, 2.45) is 11.7 Å². The molecule has 0 saturated carbocycles. The van der Waals surface area contributed by atoms with Crippen LogP contribution in [0.4, 0.5) is 0 Å². The topological polar surface area (TPSA) is 52.3 Å². The van der Waals surface area contributed by atoms with Crippen LogP contribution in [0.5, 0.6) is 5.75 Å². The molecule has 0 saturated heterocycles. The van der Waals surface area contributed by atoms with E-state index in [4.69, 9.17) is 22.1 Å². The number of benzene rings is 1. The van der Waals surface area contributed by atoms with E-state index in [2.05, 4.69) is 0 Å². The van der Waals surface area contributed by atoms with Gasteiger partial charge >= 0.3 is 0 Å². The van der Waals surface area contributed by atoms with Crippen LogP contribution in [-0.4, -0.2) is 19.4 Å². The predicted octanol–water partition coefficient (Wildman–Crippen LogP) is 2.43. The van der Waals surface area contributed by atoms with Gasteiger partial charge in [0.1, 0.15) is 5.75 Å². The third-order valence-electron chi connectivity index (χ3n) is 2.57. The highest BCUT2D eigenvalue weighted by Gasteiger charge is 2.17. The van der Waals surface area contributed by atoms with E-state index in [1.54, 1.807) is 26.2 Å². The Bertz CT molecular complexity index is 404. The number of rotatable bonds is 4. The monoisotopic (exact) mass is 241 g/mol. The Morgan fingerprint density at radius 2 is 2.19 bits per heavy atom. The fourth-order valence-electron chi connectivity index (χ4n) is 1.45. The molecule has 0 amide bonds. The van der Waals surface area contributed by atoms with Gasteiger partial charge in [-0.2, -0.15) is 0 Å². The maximum absolute atomic E-state index is 12.0. The smallest absolute Gasteiger partial charge is 0.167 e. The zero-order valence-corrected chi connectivity index (χ0v) is 10.5. The van der Waals surface area contributed by atoms with E-state index in [0.717, 1.165) is 5.56 Å². The molecule has 4 heteroatoms. The maximum atomic E-state index is 12.0. The van der Waals surface area contributed by atoms with Gasteiger partial charge in [0.2, 0.25) is 0 Å². The molecule has 16 heavy (non-hydrogen) atoms. The Hall–Kier alpha value is -1.06. The molecule has 1 aromatic carbocycles. The molecule has 0 aliphatic carbocycles. The van der Waals surface area contributed by atoms with E-state index in [-0.39, 0.29) is 11.7 Å². The Labute approximate surface area is 101 Å². The number of hydrogen-bond donors (Lipinski definition) is 1. The number of ether oxygens (including phenoxy) is 1. The van der Waals surface area contributed by atoms with Gasteiger partial charge < -0.3 is 10.5 Å². The summed E-state index contributed by atoms with van der Waals surface area (Å²) in [6.45, 7) is 4.00. The first kappa shape index (κ1) is 13.0. The molecule has 0 heterocycles. The van der Waals surface area contributed by atoms with Gasteiger partial charge in [0.05, 0.1) is 12.1 Å². The van der Waals surface area contributed by atoms with Gasteiger partial charge in [-0.15, -0.1) is 0 Å². The van der Waals surface area contributed by atoms with Gasteiger partial charge in [0.15, 0.2) is 5.78 Å². The third kappa shape index (κ3) is 2.54. The van der Waals surface area contributed by atoms with Gasteiger partial charge in [-0.05, 0) is 24.6 Å². The van der Waals surface area contributed by atoms with Crippen molar-refractivity contribution < 1.29 is 9.53 Å². The number of Topliss-reactive ketones (excluding diaryl/α,β-unsaturated/α-hetero) is 1. The molecule has 88 valence electrons. The van der Waals surface area contributed by atoms with Gasteiger partial charge in [-0.25, -0.2) is 0 Å². The first-order valence-electron chi connectivity index (χ1n) is 5.09. The molecule has 0 bridgehead atoms.